The van der Waals surface area contributed by atoms with Gasteiger partial charge in [0.1, 0.15) is 0 Å². The molecule has 1 aromatic heterocycles. The fourth-order valence-corrected chi connectivity index (χ4v) is 2.69. The monoisotopic (exact) mass is 220 g/mol. The second-order valence-electron chi connectivity index (χ2n) is 4.22. The van der Waals surface area contributed by atoms with Crippen molar-refractivity contribution in [2.24, 2.45) is 5.73 Å². The minimum Gasteiger partial charge on any atom is -0.342 e. The minimum atomic E-state index is 0.268. The largest absolute Gasteiger partial charge is 0.342 e. The van der Waals surface area contributed by atoms with Gasteiger partial charge in [0, 0.05) is 23.7 Å². The molecule has 0 bridgehead atoms. The Bertz CT molecular complexity index is 516. The van der Waals surface area contributed by atoms with Gasteiger partial charge < -0.3 is 10.3 Å². The highest BCUT2D eigenvalue weighted by Gasteiger charge is 2.18. The molecular weight excluding hydrogens is 208 g/mol. The van der Waals surface area contributed by atoms with E-state index in [9.17, 15) is 0 Å². The predicted molar refractivity (Wildman–Crippen MR) is 63.2 cm³/mol. The van der Waals surface area contributed by atoms with Crippen LogP contribution in [0.3, 0.4) is 0 Å². The van der Waals surface area contributed by atoms with Crippen molar-refractivity contribution in [2.75, 3.05) is 0 Å². The first-order valence-corrected chi connectivity index (χ1v) is 5.66. The lowest BCUT2D eigenvalue weighted by atomic mass is 10.1. The maximum atomic E-state index is 6.22. The lowest BCUT2D eigenvalue weighted by Crippen LogP contribution is -2.31. The molecule has 0 saturated carbocycles. The Morgan fingerprint density at radius 1 is 1.40 bits per heavy atom. The lowest BCUT2D eigenvalue weighted by Gasteiger charge is -2.22. The first kappa shape index (κ1) is 9.25. The average Bonchev–Trinajstić information content (AvgIpc) is 2.57. The SMILES string of the molecule is NC1CCc2cc3cccc(Cl)c3n2C1. The van der Waals surface area contributed by atoms with Crippen molar-refractivity contribution in [1.82, 2.24) is 4.57 Å². The fourth-order valence-electron chi connectivity index (χ4n) is 2.41. The van der Waals surface area contributed by atoms with Gasteiger partial charge in [0.05, 0.1) is 10.5 Å². The highest BCUT2D eigenvalue weighted by atomic mass is 35.5. The van der Waals surface area contributed by atoms with Gasteiger partial charge in [-0.05, 0) is 25.0 Å². The summed E-state index contributed by atoms with van der Waals surface area (Å²) in [5, 5.41) is 2.06. The van der Waals surface area contributed by atoms with Crippen LogP contribution < -0.4 is 5.73 Å². The second-order valence-corrected chi connectivity index (χ2v) is 4.63. The van der Waals surface area contributed by atoms with Crippen molar-refractivity contribution >= 4 is 22.5 Å². The van der Waals surface area contributed by atoms with E-state index in [1.54, 1.807) is 0 Å². The van der Waals surface area contributed by atoms with E-state index in [4.69, 9.17) is 17.3 Å². The average molecular weight is 221 g/mol. The van der Waals surface area contributed by atoms with Crippen LogP contribution in [0.15, 0.2) is 24.3 Å². The number of aromatic nitrogens is 1. The molecule has 2 heterocycles. The molecule has 0 amide bonds. The van der Waals surface area contributed by atoms with Crippen LogP contribution in [-0.2, 0) is 13.0 Å². The van der Waals surface area contributed by atoms with Crippen LogP contribution in [0.4, 0.5) is 0 Å². The molecule has 0 radical (unpaired) electrons. The van der Waals surface area contributed by atoms with E-state index in [1.165, 1.54) is 11.1 Å². The van der Waals surface area contributed by atoms with E-state index < -0.39 is 0 Å². The first-order valence-electron chi connectivity index (χ1n) is 5.28. The summed E-state index contributed by atoms with van der Waals surface area (Å²) >= 11 is 6.22. The second kappa shape index (κ2) is 3.26. The summed E-state index contributed by atoms with van der Waals surface area (Å²) in [6.45, 7) is 0.891. The quantitative estimate of drug-likeness (QED) is 0.727. The molecule has 3 heteroatoms. The third-order valence-corrected chi connectivity index (χ3v) is 3.45. The van der Waals surface area contributed by atoms with Crippen LogP contribution >= 0.6 is 11.6 Å². The molecule has 1 aliphatic heterocycles. The summed E-state index contributed by atoms with van der Waals surface area (Å²) in [5.74, 6) is 0. The molecule has 1 atom stereocenters. The smallest absolute Gasteiger partial charge is 0.0672 e. The normalized spacial score (nSPS) is 20.5. The molecule has 0 saturated heterocycles. The van der Waals surface area contributed by atoms with Crippen molar-refractivity contribution in [3.05, 3.63) is 35.0 Å². The number of nitrogens with two attached hydrogens (primary N) is 1. The topological polar surface area (TPSA) is 30.9 Å². The number of fused-ring (bicyclic) bond motifs is 3. The van der Waals surface area contributed by atoms with Crippen molar-refractivity contribution in [3.63, 3.8) is 0 Å². The molecule has 0 spiro atoms. The Labute approximate surface area is 93.6 Å². The molecule has 15 heavy (non-hydrogen) atoms. The summed E-state index contributed by atoms with van der Waals surface area (Å²) < 4.78 is 2.27. The van der Waals surface area contributed by atoms with Crippen LogP contribution in [0.1, 0.15) is 12.1 Å². The van der Waals surface area contributed by atoms with E-state index in [0.29, 0.717) is 0 Å². The zero-order valence-electron chi connectivity index (χ0n) is 8.41. The zero-order valence-corrected chi connectivity index (χ0v) is 9.17. The third-order valence-electron chi connectivity index (χ3n) is 3.15. The first-order chi connectivity index (χ1) is 7.25. The minimum absolute atomic E-state index is 0.268. The van der Waals surface area contributed by atoms with Gasteiger partial charge in [-0.3, -0.25) is 0 Å². The van der Waals surface area contributed by atoms with Crippen molar-refractivity contribution < 1.29 is 0 Å². The highest BCUT2D eigenvalue weighted by Crippen LogP contribution is 2.29. The molecule has 78 valence electrons. The summed E-state index contributed by atoms with van der Waals surface area (Å²) in [4.78, 5) is 0. The van der Waals surface area contributed by atoms with E-state index in [1.807, 2.05) is 12.1 Å². The maximum absolute atomic E-state index is 6.22. The van der Waals surface area contributed by atoms with E-state index in [2.05, 4.69) is 16.7 Å². The Morgan fingerprint density at radius 2 is 2.27 bits per heavy atom. The predicted octanol–water partition coefficient (Wildman–Crippen LogP) is 2.57. The van der Waals surface area contributed by atoms with Gasteiger partial charge in [-0.15, -0.1) is 0 Å². The molecule has 0 fully saturated rings. The molecular formula is C12H13ClN2. The van der Waals surface area contributed by atoms with Gasteiger partial charge in [0.15, 0.2) is 0 Å². The maximum Gasteiger partial charge on any atom is 0.0672 e. The third kappa shape index (κ3) is 1.36. The Morgan fingerprint density at radius 3 is 3.13 bits per heavy atom. The molecule has 1 unspecified atom stereocenters. The molecule has 1 aliphatic rings. The molecule has 2 nitrogen and oxygen atoms in total. The standard InChI is InChI=1S/C12H13ClN2/c13-11-3-1-2-8-6-10-5-4-9(14)7-15(10)12(8)11/h1-3,6,9H,4-5,7,14H2. The highest BCUT2D eigenvalue weighted by molar-refractivity contribution is 6.35. The number of benzene rings is 1. The summed E-state index contributed by atoms with van der Waals surface area (Å²) in [5.41, 5.74) is 8.49. The summed E-state index contributed by atoms with van der Waals surface area (Å²) in [6, 6.07) is 8.54. The van der Waals surface area contributed by atoms with Crippen LogP contribution in [0, 0.1) is 0 Å². The Hall–Kier alpha value is -0.990. The number of hydrogen-bond donors (Lipinski definition) is 1. The number of para-hydroxylation sites is 1. The lowest BCUT2D eigenvalue weighted by molar-refractivity contribution is 0.470. The summed E-state index contributed by atoms with van der Waals surface area (Å²) in [7, 11) is 0. The molecule has 2 N–H and O–H groups in total. The van der Waals surface area contributed by atoms with Crippen molar-refractivity contribution in [1.29, 1.82) is 0 Å². The van der Waals surface area contributed by atoms with Crippen LogP contribution in [0.25, 0.3) is 10.9 Å². The molecule has 3 rings (SSSR count). The van der Waals surface area contributed by atoms with E-state index >= 15 is 0 Å². The van der Waals surface area contributed by atoms with Crippen molar-refractivity contribution in [3.8, 4) is 0 Å². The molecule has 1 aromatic carbocycles. The van der Waals surface area contributed by atoms with Crippen LogP contribution in [0.5, 0.6) is 0 Å². The van der Waals surface area contributed by atoms with Crippen molar-refractivity contribution in [2.45, 2.75) is 25.4 Å². The Balaban J connectivity index is 2.30. The number of aryl methyl sites for hydroxylation is 1. The molecule has 0 aliphatic carbocycles. The number of halogens is 1. The van der Waals surface area contributed by atoms with E-state index in [0.717, 1.165) is 29.9 Å². The van der Waals surface area contributed by atoms with E-state index in [-0.39, 0.29) is 6.04 Å². The number of rotatable bonds is 0. The zero-order chi connectivity index (χ0) is 10.4. The summed E-state index contributed by atoms with van der Waals surface area (Å²) in [6.07, 6.45) is 2.14. The van der Waals surface area contributed by atoms with Crippen LogP contribution in [-0.4, -0.2) is 10.6 Å². The van der Waals surface area contributed by atoms with Gasteiger partial charge in [0.25, 0.3) is 0 Å². The van der Waals surface area contributed by atoms with Gasteiger partial charge in [-0.25, -0.2) is 0 Å². The van der Waals surface area contributed by atoms with Gasteiger partial charge >= 0.3 is 0 Å². The number of hydrogen-bond acceptors (Lipinski definition) is 1. The van der Waals surface area contributed by atoms with Crippen LogP contribution in [0.2, 0.25) is 5.02 Å². The molecule has 2 aromatic rings. The van der Waals surface area contributed by atoms with Gasteiger partial charge in [-0.2, -0.15) is 0 Å². The van der Waals surface area contributed by atoms with Gasteiger partial charge in [0.2, 0.25) is 0 Å². The van der Waals surface area contributed by atoms with Gasteiger partial charge in [-0.1, -0.05) is 23.7 Å². The Kier molecular flexibility index (Phi) is 2.01. The fraction of sp³-hybridized carbons (Fsp3) is 0.333. The number of nitrogens with zero attached hydrogens (tertiary/aromatic N) is 1.